The van der Waals surface area contributed by atoms with Crippen LogP contribution in [0, 0.1) is 16.7 Å². The van der Waals surface area contributed by atoms with Gasteiger partial charge in [-0.3, -0.25) is 4.90 Å². The van der Waals surface area contributed by atoms with Crippen LogP contribution >= 0.6 is 11.3 Å². The number of ether oxygens (including phenoxy) is 1. The Kier molecular flexibility index (Phi) is 6.22. The first-order chi connectivity index (χ1) is 15.5. The van der Waals surface area contributed by atoms with E-state index in [4.69, 9.17) is 10.00 Å². The molecule has 0 saturated carbocycles. The molecular weight excluding hydrogens is 468 g/mol. The van der Waals surface area contributed by atoms with E-state index in [2.05, 4.69) is 4.98 Å². The van der Waals surface area contributed by atoms with Crippen molar-refractivity contribution in [2.45, 2.75) is 50.2 Å². The summed E-state index contributed by atoms with van der Waals surface area (Å²) in [7, 11) is 0. The van der Waals surface area contributed by atoms with Gasteiger partial charge in [0.05, 0.1) is 31.0 Å². The summed E-state index contributed by atoms with van der Waals surface area (Å²) in [5, 5.41) is 9.16. The van der Waals surface area contributed by atoms with Gasteiger partial charge < -0.3 is 4.74 Å². The Labute approximate surface area is 190 Å². The van der Waals surface area contributed by atoms with Crippen molar-refractivity contribution in [1.29, 1.82) is 5.26 Å². The lowest BCUT2D eigenvalue weighted by Gasteiger charge is -2.54. The van der Waals surface area contributed by atoms with E-state index >= 15 is 0 Å². The number of nitriles is 1. The van der Waals surface area contributed by atoms with Crippen LogP contribution in [0.15, 0.2) is 30.5 Å². The van der Waals surface area contributed by atoms with Gasteiger partial charge in [-0.05, 0) is 43.5 Å². The summed E-state index contributed by atoms with van der Waals surface area (Å²) in [4.78, 5) is 4.75. The Morgan fingerprint density at radius 3 is 2.33 bits per heavy atom. The predicted molar refractivity (Wildman–Crippen MR) is 108 cm³/mol. The summed E-state index contributed by atoms with van der Waals surface area (Å²) in [6.45, 7) is 0.464. The fourth-order valence-electron chi connectivity index (χ4n) is 4.91. The molecule has 2 aliphatic heterocycles. The highest BCUT2D eigenvalue weighted by Gasteiger charge is 2.71. The molecule has 2 saturated heterocycles. The van der Waals surface area contributed by atoms with Gasteiger partial charge in [0.1, 0.15) is 9.88 Å². The van der Waals surface area contributed by atoms with Crippen LogP contribution in [0.3, 0.4) is 0 Å². The van der Waals surface area contributed by atoms with Crippen molar-refractivity contribution in [2.75, 3.05) is 19.7 Å². The smallest absolute Gasteiger partial charge is 0.365 e. The lowest BCUT2D eigenvalue weighted by atomic mass is 9.63. The largest absolute Gasteiger partial charge is 0.427 e. The van der Waals surface area contributed by atoms with Gasteiger partial charge in [-0.1, -0.05) is 12.1 Å². The molecule has 3 heterocycles. The van der Waals surface area contributed by atoms with Gasteiger partial charge in [0.15, 0.2) is 5.60 Å². The molecule has 0 aliphatic carbocycles. The first-order valence-electron chi connectivity index (χ1n) is 10.4. The molecule has 11 heteroatoms. The Morgan fingerprint density at radius 2 is 1.82 bits per heavy atom. The lowest BCUT2D eigenvalue weighted by molar-refractivity contribution is -0.366. The molecule has 0 unspecified atom stereocenters. The normalized spacial score (nSPS) is 26.2. The average molecular weight is 489 g/mol. The van der Waals surface area contributed by atoms with E-state index in [1.54, 1.807) is 29.2 Å². The molecule has 0 bridgehead atoms. The highest BCUT2D eigenvalue weighted by atomic mass is 32.1. The summed E-state index contributed by atoms with van der Waals surface area (Å²) < 4.78 is 86.7. The molecule has 2 fully saturated rings. The number of halogens is 6. The second kappa shape index (κ2) is 8.56. The summed E-state index contributed by atoms with van der Waals surface area (Å²) in [5.74, 6) is 0. The SMILES string of the molecule is N#Cc1ccc(CC[C@@]2([C@@]3(C(F)(F)F)CCO3)CCN(Cc3ncc(C(F)(F)F)s3)C2)cc1. The molecule has 1 aromatic carbocycles. The van der Waals surface area contributed by atoms with Crippen LogP contribution in [0.2, 0.25) is 0 Å². The van der Waals surface area contributed by atoms with Crippen LogP contribution < -0.4 is 0 Å². The standard InChI is InChI=1S/C22H21F6N3OS/c23-21(24,25)17-12-30-18(33-17)13-31-9-7-19(14-31,20(8-10-32-20)22(26,27)28)6-5-15-1-3-16(11-29)4-2-15/h1-4,12H,5-10,13-14H2/t19-,20-/m1/s1. The third-order valence-corrected chi connectivity index (χ3v) is 7.74. The van der Waals surface area contributed by atoms with Gasteiger partial charge in [-0.15, -0.1) is 11.3 Å². The van der Waals surface area contributed by atoms with Crippen molar-refractivity contribution in [3.8, 4) is 6.07 Å². The van der Waals surface area contributed by atoms with Crippen molar-refractivity contribution in [3.63, 3.8) is 0 Å². The van der Waals surface area contributed by atoms with Crippen LogP contribution in [0.25, 0.3) is 0 Å². The molecule has 178 valence electrons. The summed E-state index contributed by atoms with van der Waals surface area (Å²) >= 11 is 0.516. The van der Waals surface area contributed by atoms with Gasteiger partial charge >= 0.3 is 12.4 Å². The summed E-state index contributed by atoms with van der Waals surface area (Å²) in [5.41, 5.74) is -2.20. The van der Waals surface area contributed by atoms with Crippen molar-refractivity contribution in [2.24, 2.45) is 5.41 Å². The number of hydrogen-bond acceptors (Lipinski definition) is 5. The van der Waals surface area contributed by atoms with E-state index in [9.17, 15) is 26.3 Å². The second-order valence-corrected chi connectivity index (χ2v) is 9.70. The van der Waals surface area contributed by atoms with Gasteiger partial charge in [-0.25, -0.2) is 4.98 Å². The van der Waals surface area contributed by atoms with Crippen molar-refractivity contribution >= 4 is 11.3 Å². The Balaban J connectivity index is 1.55. The zero-order chi connectivity index (χ0) is 23.9. The van der Waals surface area contributed by atoms with E-state index in [0.717, 1.165) is 11.8 Å². The molecule has 2 aromatic rings. The van der Waals surface area contributed by atoms with Crippen LogP contribution in [0.1, 0.15) is 40.3 Å². The minimum atomic E-state index is -4.56. The maximum Gasteiger partial charge on any atom is 0.427 e. The van der Waals surface area contributed by atoms with Crippen molar-refractivity contribution in [3.05, 3.63) is 51.5 Å². The lowest BCUT2D eigenvalue weighted by Crippen LogP contribution is -2.67. The Morgan fingerprint density at radius 1 is 1.12 bits per heavy atom. The molecule has 0 amide bonds. The topological polar surface area (TPSA) is 49.1 Å². The molecule has 2 aliphatic rings. The van der Waals surface area contributed by atoms with E-state index in [1.165, 1.54) is 0 Å². The molecule has 0 spiro atoms. The molecular formula is C22H21F6N3OS. The van der Waals surface area contributed by atoms with E-state index in [1.807, 2.05) is 6.07 Å². The number of hydrogen-bond donors (Lipinski definition) is 0. The quantitative estimate of drug-likeness (QED) is 0.497. The number of nitrogens with zero attached hydrogens (tertiary/aromatic N) is 3. The Hall–Kier alpha value is -2.16. The molecule has 4 rings (SSSR count). The number of likely N-dealkylation sites (tertiary alicyclic amines) is 1. The van der Waals surface area contributed by atoms with Gasteiger partial charge in [0, 0.05) is 18.4 Å². The molecule has 0 radical (unpaired) electrons. The van der Waals surface area contributed by atoms with Gasteiger partial charge in [-0.2, -0.15) is 31.6 Å². The van der Waals surface area contributed by atoms with Crippen LogP contribution in [0.4, 0.5) is 26.3 Å². The second-order valence-electron chi connectivity index (χ2n) is 8.59. The number of alkyl halides is 6. The van der Waals surface area contributed by atoms with Crippen LogP contribution in [-0.4, -0.2) is 41.4 Å². The first kappa shape index (κ1) is 24.0. The van der Waals surface area contributed by atoms with Crippen molar-refractivity contribution in [1.82, 2.24) is 9.88 Å². The zero-order valence-corrected chi connectivity index (χ0v) is 18.3. The van der Waals surface area contributed by atoms with Crippen LogP contribution in [-0.2, 0) is 23.9 Å². The first-order valence-corrected chi connectivity index (χ1v) is 11.2. The number of aryl methyl sites for hydroxylation is 1. The maximum absolute atomic E-state index is 14.3. The molecule has 4 nitrogen and oxygen atoms in total. The average Bonchev–Trinajstić information content (AvgIpc) is 3.33. The third-order valence-electron chi connectivity index (χ3n) is 6.72. The van der Waals surface area contributed by atoms with E-state index in [-0.39, 0.29) is 44.0 Å². The third kappa shape index (κ3) is 4.48. The number of benzene rings is 1. The van der Waals surface area contributed by atoms with Gasteiger partial charge in [0.2, 0.25) is 0 Å². The predicted octanol–water partition coefficient (Wildman–Crippen LogP) is 5.58. The molecule has 0 N–H and O–H groups in total. The summed E-state index contributed by atoms with van der Waals surface area (Å²) in [6, 6.07) is 8.73. The zero-order valence-electron chi connectivity index (χ0n) is 17.5. The van der Waals surface area contributed by atoms with Crippen LogP contribution in [0.5, 0.6) is 0 Å². The fourth-order valence-corrected chi connectivity index (χ4v) is 5.74. The molecule has 33 heavy (non-hydrogen) atoms. The highest BCUT2D eigenvalue weighted by Crippen LogP contribution is 2.59. The minimum absolute atomic E-state index is 0.0273. The summed E-state index contributed by atoms with van der Waals surface area (Å²) in [6.07, 6.45) is -7.62. The minimum Gasteiger partial charge on any atom is -0.365 e. The number of rotatable bonds is 6. The number of thiazole rings is 1. The fraction of sp³-hybridized carbons (Fsp3) is 0.545. The molecule has 1 aromatic heterocycles. The van der Waals surface area contributed by atoms with Gasteiger partial charge in [0.25, 0.3) is 0 Å². The number of aromatic nitrogens is 1. The molecule has 2 atom stereocenters. The van der Waals surface area contributed by atoms with E-state index in [0.29, 0.717) is 29.9 Å². The Bertz CT molecular complexity index is 1020. The monoisotopic (exact) mass is 489 g/mol. The van der Waals surface area contributed by atoms with Crippen molar-refractivity contribution < 1.29 is 31.1 Å². The van der Waals surface area contributed by atoms with E-state index < -0.39 is 28.2 Å². The maximum atomic E-state index is 14.3. The highest BCUT2D eigenvalue weighted by molar-refractivity contribution is 7.11.